The molecule has 2 aromatic rings. The van der Waals surface area contributed by atoms with Crippen LogP contribution in [-0.4, -0.2) is 16.8 Å². The molecule has 1 aliphatic carbocycles. The number of anilines is 1. The summed E-state index contributed by atoms with van der Waals surface area (Å²) in [4.78, 5) is 27.8. The number of benzene rings is 1. The Kier molecular flexibility index (Phi) is 4.20. The van der Waals surface area contributed by atoms with Crippen LogP contribution in [0.2, 0.25) is 0 Å². The predicted molar refractivity (Wildman–Crippen MR) is 86.0 cm³/mol. The predicted octanol–water partition coefficient (Wildman–Crippen LogP) is 2.91. The molecule has 1 heterocycles. The molecule has 6 heteroatoms. The largest absolute Gasteiger partial charge is 0.346 e. The SMILES string of the molecule is CC(=O)Nc1cccc(C(=O)NCc2csc(C3CC3)n2)c1. The summed E-state index contributed by atoms with van der Waals surface area (Å²) in [6.45, 7) is 1.86. The first-order valence-corrected chi connectivity index (χ1v) is 8.10. The zero-order valence-electron chi connectivity index (χ0n) is 12.3. The number of nitrogens with zero attached hydrogens (tertiary/aromatic N) is 1. The summed E-state index contributed by atoms with van der Waals surface area (Å²) >= 11 is 1.67. The normalized spacial score (nSPS) is 13.7. The van der Waals surface area contributed by atoms with Crippen LogP contribution in [0.1, 0.15) is 46.7 Å². The molecule has 1 saturated carbocycles. The first-order valence-electron chi connectivity index (χ1n) is 7.22. The van der Waals surface area contributed by atoms with Crippen LogP contribution in [0, 0.1) is 0 Å². The molecular formula is C16H17N3O2S. The Balaban J connectivity index is 1.59. The molecule has 0 atom stereocenters. The first kappa shape index (κ1) is 14.7. The summed E-state index contributed by atoms with van der Waals surface area (Å²) in [5.74, 6) is 0.310. The van der Waals surface area contributed by atoms with Gasteiger partial charge in [0.25, 0.3) is 5.91 Å². The van der Waals surface area contributed by atoms with Crippen LogP contribution in [0.4, 0.5) is 5.69 Å². The summed E-state index contributed by atoms with van der Waals surface area (Å²) in [6, 6.07) is 6.87. The van der Waals surface area contributed by atoms with E-state index < -0.39 is 0 Å². The molecular weight excluding hydrogens is 298 g/mol. The van der Waals surface area contributed by atoms with E-state index >= 15 is 0 Å². The molecule has 114 valence electrons. The molecule has 1 aromatic carbocycles. The van der Waals surface area contributed by atoms with Gasteiger partial charge in [0.05, 0.1) is 17.2 Å². The number of nitrogens with one attached hydrogen (secondary N) is 2. The molecule has 1 aromatic heterocycles. The van der Waals surface area contributed by atoms with Gasteiger partial charge in [-0.15, -0.1) is 11.3 Å². The van der Waals surface area contributed by atoms with Gasteiger partial charge in [0.2, 0.25) is 5.91 Å². The minimum Gasteiger partial charge on any atom is -0.346 e. The van der Waals surface area contributed by atoms with Gasteiger partial charge in [-0.05, 0) is 31.0 Å². The lowest BCUT2D eigenvalue weighted by Crippen LogP contribution is -2.23. The first-order chi connectivity index (χ1) is 10.6. The Morgan fingerprint density at radius 1 is 1.36 bits per heavy atom. The van der Waals surface area contributed by atoms with Gasteiger partial charge in [-0.25, -0.2) is 4.98 Å². The van der Waals surface area contributed by atoms with Gasteiger partial charge >= 0.3 is 0 Å². The van der Waals surface area contributed by atoms with Gasteiger partial charge in [0.15, 0.2) is 0 Å². The maximum Gasteiger partial charge on any atom is 0.251 e. The van der Waals surface area contributed by atoms with Gasteiger partial charge in [-0.3, -0.25) is 9.59 Å². The summed E-state index contributed by atoms with van der Waals surface area (Å²) < 4.78 is 0. The minimum absolute atomic E-state index is 0.160. The quantitative estimate of drug-likeness (QED) is 0.891. The smallest absolute Gasteiger partial charge is 0.251 e. The molecule has 1 fully saturated rings. The second kappa shape index (κ2) is 6.27. The van der Waals surface area contributed by atoms with E-state index in [-0.39, 0.29) is 11.8 Å². The van der Waals surface area contributed by atoms with Crippen molar-refractivity contribution in [1.82, 2.24) is 10.3 Å². The highest BCUT2D eigenvalue weighted by Crippen LogP contribution is 2.41. The van der Waals surface area contributed by atoms with Crippen LogP contribution < -0.4 is 10.6 Å². The zero-order valence-corrected chi connectivity index (χ0v) is 13.1. The van der Waals surface area contributed by atoms with Crippen LogP contribution in [0.3, 0.4) is 0 Å². The highest BCUT2D eigenvalue weighted by atomic mass is 32.1. The Hall–Kier alpha value is -2.21. The number of carbonyl (C=O) groups is 2. The van der Waals surface area contributed by atoms with Crippen molar-refractivity contribution in [2.24, 2.45) is 0 Å². The van der Waals surface area contributed by atoms with Crippen molar-refractivity contribution >= 4 is 28.8 Å². The second-order valence-electron chi connectivity index (χ2n) is 5.40. The Labute approximate surface area is 132 Å². The highest BCUT2D eigenvalue weighted by Gasteiger charge is 2.26. The van der Waals surface area contributed by atoms with E-state index in [2.05, 4.69) is 15.6 Å². The van der Waals surface area contributed by atoms with Crippen molar-refractivity contribution in [1.29, 1.82) is 0 Å². The third-order valence-corrected chi connectivity index (χ3v) is 4.43. The molecule has 0 radical (unpaired) electrons. The minimum atomic E-state index is -0.173. The fraction of sp³-hybridized carbons (Fsp3) is 0.312. The van der Waals surface area contributed by atoms with Crippen LogP contribution in [0.5, 0.6) is 0 Å². The standard InChI is InChI=1S/C16H17N3O2S/c1-10(20)18-13-4-2-3-12(7-13)15(21)17-8-14-9-22-16(19-14)11-5-6-11/h2-4,7,9,11H,5-6,8H2,1H3,(H,17,21)(H,18,20). The summed E-state index contributed by atoms with van der Waals surface area (Å²) in [6.07, 6.45) is 2.46. The molecule has 3 rings (SSSR count). The van der Waals surface area contributed by atoms with Gasteiger partial charge in [0, 0.05) is 29.5 Å². The average molecular weight is 315 g/mol. The Morgan fingerprint density at radius 2 is 2.18 bits per heavy atom. The van der Waals surface area contributed by atoms with E-state index in [1.165, 1.54) is 24.8 Å². The molecule has 22 heavy (non-hydrogen) atoms. The summed E-state index contributed by atoms with van der Waals surface area (Å²) in [7, 11) is 0. The van der Waals surface area contributed by atoms with Crippen molar-refractivity contribution in [2.75, 3.05) is 5.32 Å². The Morgan fingerprint density at radius 3 is 2.91 bits per heavy atom. The maximum absolute atomic E-state index is 12.2. The monoisotopic (exact) mass is 315 g/mol. The maximum atomic E-state index is 12.2. The number of rotatable bonds is 5. The van der Waals surface area contributed by atoms with E-state index in [1.54, 1.807) is 35.6 Å². The van der Waals surface area contributed by atoms with Crippen molar-refractivity contribution in [3.8, 4) is 0 Å². The van der Waals surface area contributed by atoms with Crippen molar-refractivity contribution < 1.29 is 9.59 Å². The molecule has 2 N–H and O–H groups in total. The van der Waals surface area contributed by atoms with E-state index in [9.17, 15) is 9.59 Å². The highest BCUT2D eigenvalue weighted by molar-refractivity contribution is 7.09. The third kappa shape index (κ3) is 3.71. The van der Waals surface area contributed by atoms with E-state index in [0.29, 0.717) is 23.7 Å². The molecule has 0 spiro atoms. The number of thiazole rings is 1. The number of aromatic nitrogens is 1. The Bertz CT molecular complexity index is 707. The average Bonchev–Trinajstić information content (AvgIpc) is 3.23. The fourth-order valence-electron chi connectivity index (χ4n) is 2.14. The third-order valence-electron chi connectivity index (χ3n) is 3.37. The number of hydrogen-bond donors (Lipinski definition) is 2. The molecule has 1 aliphatic rings. The van der Waals surface area contributed by atoms with Crippen LogP contribution in [0.25, 0.3) is 0 Å². The van der Waals surface area contributed by atoms with E-state index in [0.717, 1.165) is 5.69 Å². The number of amides is 2. The van der Waals surface area contributed by atoms with Crippen molar-refractivity contribution in [2.45, 2.75) is 32.2 Å². The van der Waals surface area contributed by atoms with Crippen molar-refractivity contribution in [3.63, 3.8) is 0 Å². The van der Waals surface area contributed by atoms with Gasteiger partial charge in [-0.2, -0.15) is 0 Å². The summed E-state index contributed by atoms with van der Waals surface area (Å²) in [5, 5.41) is 8.71. The molecule has 2 amide bonds. The lowest BCUT2D eigenvalue weighted by Gasteiger charge is -2.06. The van der Waals surface area contributed by atoms with Gasteiger partial charge < -0.3 is 10.6 Å². The fourth-order valence-corrected chi connectivity index (χ4v) is 3.13. The molecule has 0 unspecified atom stereocenters. The molecule has 0 aliphatic heterocycles. The van der Waals surface area contributed by atoms with Crippen molar-refractivity contribution in [3.05, 3.63) is 45.9 Å². The van der Waals surface area contributed by atoms with Crippen LogP contribution in [-0.2, 0) is 11.3 Å². The topological polar surface area (TPSA) is 71.1 Å². The second-order valence-corrected chi connectivity index (χ2v) is 6.29. The van der Waals surface area contributed by atoms with E-state index in [4.69, 9.17) is 0 Å². The zero-order chi connectivity index (χ0) is 15.5. The molecule has 0 bridgehead atoms. The lowest BCUT2D eigenvalue weighted by molar-refractivity contribution is -0.114. The van der Waals surface area contributed by atoms with Crippen LogP contribution >= 0.6 is 11.3 Å². The van der Waals surface area contributed by atoms with Crippen LogP contribution in [0.15, 0.2) is 29.6 Å². The van der Waals surface area contributed by atoms with Gasteiger partial charge in [-0.1, -0.05) is 6.07 Å². The number of hydrogen-bond acceptors (Lipinski definition) is 4. The number of carbonyl (C=O) groups excluding carboxylic acids is 2. The summed E-state index contributed by atoms with van der Waals surface area (Å²) in [5.41, 5.74) is 2.03. The van der Waals surface area contributed by atoms with E-state index in [1.807, 2.05) is 5.38 Å². The lowest BCUT2D eigenvalue weighted by atomic mass is 10.2. The molecule has 0 saturated heterocycles. The van der Waals surface area contributed by atoms with Gasteiger partial charge in [0.1, 0.15) is 0 Å². The molecule has 5 nitrogen and oxygen atoms in total.